The molecule has 2 rings (SSSR count). The maximum Gasteiger partial charge on any atom is 0.335 e. The van der Waals surface area contributed by atoms with Crippen LogP contribution in [0.2, 0.25) is 0 Å². The van der Waals surface area contributed by atoms with Crippen LogP contribution in [0.3, 0.4) is 0 Å². The Morgan fingerprint density at radius 2 is 2.12 bits per heavy atom. The summed E-state index contributed by atoms with van der Waals surface area (Å²) in [5.41, 5.74) is 0.492. The minimum Gasteiger partial charge on any atom is -0.478 e. The fourth-order valence-electron chi connectivity index (χ4n) is 3.29. The van der Waals surface area contributed by atoms with Crippen molar-refractivity contribution in [2.75, 3.05) is 39.8 Å². The van der Waals surface area contributed by atoms with Crippen LogP contribution in [0, 0.1) is 12.8 Å². The molecule has 8 heteroatoms. The third-order valence-electron chi connectivity index (χ3n) is 4.66. The highest BCUT2D eigenvalue weighted by molar-refractivity contribution is 7.89. The van der Waals surface area contributed by atoms with Gasteiger partial charge in [-0.2, -0.15) is 0 Å². The molecule has 1 atom stereocenters. The van der Waals surface area contributed by atoms with Crippen molar-refractivity contribution < 1.29 is 23.4 Å². The molecule has 0 spiro atoms. The maximum atomic E-state index is 12.9. The molecule has 0 bridgehead atoms. The average molecular weight is 370 g/mol. The fourth-order valence-corrected chi connectivity index (χ4v) is 4.78. The first kappa shape index (κ1) is 19.8. The van der Waals surface area contributed by atoms with E-state index in [1.807, 2.05) is 0 Å². The Balaban J connectivity index is 2.16. The fraction of sp³-hybridized carbons (Fsp3) is 0.588. The molecule has 1 fully saturated rings. The van der Waals surface area contributed by atoms with Gasteiger partial charge >= 0.3 is 5.97 Å². The second-order valence-corrected chi connectivity index (χ2v) is 8.62. The normalized spacial score (nSPS) is 19.3. The van der Waals surface area contributed by atoms with Crippen molar-refractivity contribution in [2.45, 2.75) is 24.7 Å². The highest BCUT2D eigenvalue weighted by Crippen LogP contribution is 2.24. The number of β-amino-alcohol motifs (C(OH)–C–C–N with tert-alkyl or cyclic N) is 1. The van der Waals surface area contributed by atoms with Crippen LogP contribution in [0.5, 0.6) is 0 Å². The number of carbonyl (C=O) groups is 1. The maximum absolute atomic E-state index is 12.9. The lowest BCUT2D eigenvalue weighted by molar-refractivity contribution is 0.0696. The third kappa shape index (κ3) is 4.78. The number of carboxylic acids is 1. The van der Waals surface area contributed by atoms with E-state index in [0.717, 1.165) is 25.9 Å². The summed E-state index contributed by atoms with van der Waals surface area (Å²) in [6.45, 7) is 4.42. The largest absolute Gasteiger partial charge is 0.478 e. The molecule has 2 N–H and O–H groups in total. The van der Waals surface area contributed by atoms with Crippen molar-refractivity contribution in [3.05, 3.63) is 29.3 Å². The summed E-state index contributed by atoms with van der Waals surface area (Å²) < 4.78 is 27.1. The van der Waals surface area contributed by atoms with Crippen molar-refractivity contribution in [3.63, 3.8) is 0 Å². The van der Waals surface area contributed by atoms with Crippen LogP contribution in [-0.4, -0.2) is 73.6 Å². The summed E-state index contributed by atoms with van der Waals surface area (Å²) in [6.07, 6.45) is 1.92. The third-order valence-corrected chi connectivity index (χ3v) is 6.62. The molecule has 1 aromatic rings. The summed E-state index contributed by atoms with van der Waals surface area (Å²) in [5.74, 6) is -0.950. The summed E-state index contributed by atoms with van der Waals surface area (Å²) >= 11 is 0. The average Bonchev–Trinajstić information content (AvgIpc) is 2.55. The van der Waals surface area contributed by atoms with Crippen LogP contribution < -0.4 is 0 Å². The molecule has 1 saturated heterocycles. The Morgan fingerprint density at radius 1 is 1.40 bits per heavy atom. The minimum absolute atomic E-state index is 0.0376. The molecular weight excluding hydrogens is 344 g/mol. The van der Waals surface area contributed by atoms with Gasteiger partial charge in [0.2, 0.25) is 10.0 Å². The summed E-state index contributed by atoms with van der Waals surface area (Å²) in [7, 11) is -2.22. The molecule has 1 aliphatic heterocycles. The molecule has 0 aromatic heterocycles. The van der Waals surface area contributed by atoms with Gasteiger partial charge in [0.25, 0.3) is 0 Å². The van der Waals surface area contributed by atoms with Crippen LogP contribution >= 0.6 is 0 Å². The van der Waals surface area contributed by atoms with Crippen LogP contribution in [0.1, 0.15) is 28.8 Å². The van der Waals surface area contributed by atoms with E-state index in [9.17, 15) is 13.2 Å². The Hall–Kier alpha value is -1.48. The van der Waals surface area contributed by atoms with E-state index in [1.165, 1.54) is 29.6 Å². The van der Waals surface area contributed by atoms with Crippen LogP contribution in [0.4, 0.5) is 0 Å². The number of hydrogen-bond donors (Lipinski definition) is 2. The van der Waals surface area contributed by atoms with E-state index in [0.29, 0.717) is 18.7 Å². The lowest BCUT2D eigenvalue weighted by atomic mass is 9.98. The van der Waals surface area contributed by atoms with Gasteiger partial charge in [-0.1, -0.05) is 6.07 Å². The van der Waals surface area contributed by atoms with Crippen molar-refractivity contribution in [3.8, 4) is 0 Å². The monoisotopic (exact) mass is 370 g/mol. The summed E-state index contributed by atoms with van der Waals surface area (Å²) in [4.78, 5) is 13.3. The number of hydrogen-bond acceptors (Lipinski definition) is 5. The molecule has 0 amide bonds. The molecule has 25 heavy (non-hydrogen) atoms. The van der Waals surface area contributed by atoms with Gasteiger partial charge < -0.3 is 15.1 Å². The number of aryl methyl sites for hydroxylation is 1. The molecule has 1 unspecified atom stereocenters. The van der Waals surface area contributed by atoms with Crippen molar-refractivity contribution in [1.29, 1.82) is 0 Å². The molecular formula is C17H26N2O5S. The van der Waals surface area contributed by atoms with Gasteiger partial charge in [-0.05, 0) is 49.9 Å². The second kappa shape index (κ2) is 8.27. The Bertz CT molecular complexity index is 718. The highest BCUT2D eigenvalue weighted by atomic mass is 32.2. The molecule has 1 aromatic carbocycles. The summed E-state index contributed by atoms with van der Waals surface area (Å²) in [6, 6.07) is 4.15. The van der Waals surface area contributed by atoms with Gasteiger partial charge in [-0.3, -0.25) is 0 Å². The minimum atomic E-state index is -3.75. The van der Waals surface area contributed by atoms with Gasteiger partial charge in [-0.15, -0.1) is 0 Å². The number of benzene rings is 1. The van der Waals surface area contributed by atoms with Crippen molar-refractivity contribution in [1.82, 2.24) is 9.21 Å². The number of likely N-dealkylation sites (tertiary alicyclic amines) is 1. The first-order valence-corrected chi connectivity index (χ1v) is 9.83. The molecule has 1 aliphatic rings. The molecule has 7 nitrogen and oxygen atoms in total. The lowest BCUT2D eigenvalue weighted by Gasteiger charge is -2.34. The van der Waals surface area contributed by atoms with Gasteiger partial charge in [0.15, 0.2) is 0 Å². The first-order chi connectivity index (χ1) is 11.8. The lowest BCUT2D eigenvalue weighted by Crippen LogP contribution is -2.42. The number of aromatic carboxylic acids is 1. The Labute approximate surface area is 148 Å². The van der Waals surface area contributed by atoms with E-state index in [-0.39, 0.29) is 23.0 Å². The quantitative estimate of drug-likeness (QED) is 0.744. The van der Waals surface area contributed by atoms with Gasteiger partial charge in [0, 0.05) is 26.7 Å². The van der Waals surface area contributed by atoms with E-state index in [4.69, 9.17) is 10.2 Å². The number of aliphatic hydroxyl groups is 1. The zero-order valence-corrected chi connectivity index (χ0v) is 15.5. The molecule has 0 aliphatic carbocycles. The zero-order valence-electron chi connectivity index (χ0n) is 14.7. The molecule has 0 radical (unpaired) electrons. The van der Waals surface area contributed by atoms with E-state index in [2.05, 4.69) is 4.90 Å². The molecule has 1 heterocycles. The van der Waals surface area contributed by atoms with Gasteiger partial charge in [0.1, 0.15) is 0 Å². The van der Waals surface area contributed by atoms with Crippen LogP contribution in [-0.2, 0) is 10.0 Å². The van der Waals surface area contributed by atoms with E-state index >= 15 is 0 Å². The number of nitrogens with zero attached hydrogens (tertiary/aromatic N) is 2. The van der Waals surface area contributed by atoms with E-state index < -0.39 is 16.0 Å². The Morgan fingerprint density at radius 3 is 2.76 bits per heavy atom. The van der Waals surface area contributed by atoms with Crippen molar-refractivity contribution >= 4 is 16.0 Å². The van der Waals surface area contributed by atoms with Crippen LogP contribution in [0.15, 0.2) is 23.1 Å². The predicted octanol–water partition coefficient (Wildman–Crippen LogP) is 1.02. The number of carboxylic acid groups (broad SMARTS) is 1. The number of aliphatic hydroxyl groups excluding tert-OH is 1. The van der Waals surface area contributed by atoms with Gasteiger partial charge in [-0.25, -0.2) is 17.5 Å². The van der Waals surface area contributed by atoms with E-state index in [1.54, 1.807) is 6.92 Å². The molecule has 0 saturated carbocycles. The first-order valence-electron chi connectivity index (χ1n) is 8.39. The second-order valence-electron chi connectivity index (χ2n) is 6.60. The number of rotatable bonds is 7. The number of piperidine rings is 1. The number of sulfonamides is 1. The standard InChI is InChI=1S/C17H26N2O5S/c1-13-5-6-15(17(21)22)10-16(13)25(23,24)18(2)11-14-4-3-7-19(12-14)8-9-20/h5-6,10,14,20H,3-4,7-9,11-12H2,1-2H3,(H,21,22). The highest BCUT2D eigenvalue weighted by Gasteiger charge is 2.28. The zero-order chi connectivity index (χ0) is 18.6. The SMILES string of the molecule is Cc1ccc(C(=O)O)cc1S(=O)(=O)N(C)CC1CCCN(CCO)C1. The predicted molar refractivity (Wildman–Crippen MR) is 94.2 cm³/mol. The Kier molecular flexibility index (Phi) is 6.56. The van der Waals surface area contributed by atoms with Crippen LogP contribution in [0.25, 0.3) is 0 Å². The molecule has 140 valence electrons. The smallest absolute Gasteiger partial charge is 0.335 e. The van der Waals surface area contributed by atoms with Crippen molar-refractivity contribution in [2.24, 2.45) is 5.92 Å². The van der Waals surface area contributed by atoms with Gasteiger partial charge in [0.05, 0.1) is 17.1 Å². The summed E-state index contributed by atoms with van der Waals surface area (Å²) in [5, 5.41) is 18.2. The topological polar surface area (TPSA) is 98.1 Å².